The number of carbonyl (C=O) groups excluding carboxylic acids is 1. The van der Waals surface area contributed by atoms with Crippen molar-refractivity contribution in [3.05, 3.63) is 53.7 Å². The Morgan fingerprint density at radius 3 is 2.44 bits per heavy atom. The highest BCUT2D eigenvalue weighted by molar-refractivity contribution is 6.54. The van der Waals surface area contributed by atoms with Gasteiger partial charge in [0.15, 0.2) is 0 Å². The van der Waals surface area contributed by atoms with Crippen molar-refractivity contribution in [2.75, 3.05) is 25.5 Å². The van der Waals surface area contributed by atoms with Crippen LogP contribution in [0.1, 0.15) is 30.2 Å². The number of aryl methyl sites for hydroxylation is 1. The monoisotopic (exact) mass is 511 g/mol. The highest BCUT2D eigenvalue weighted by Crippen LogP contribution is 2.35. The lowest BCUT2D eigenvalue weighted by molar-refractivity contribution is -0.145. The van der Waals surface area contributed by atoms with Gasteiger partial charge in [-0.1, -0.05) is 13.0 Å². The number of halogens is 5. The molecule has 36 heavy (non-hydrogen) atoms. The summed E-state index contributed by atoms with van der Waals surface area (Å²) in [5.41, 5.74) is -0.178. The van der Waals surface area contributed by atoms with Gasteiger partial charge in [0.1, 0.15) is 5.71 Å². The van der Waals surface area contributed by atoms with Crippen molar-refractivity contribution in [2.45, 2.75) is 38.4 Å². The van der Waals surface area contributed by atoms with E-state index in [1.807, 2.05) is 0 Å². The third-order valence-corrected chi connectivity index (χ3v) is 5.78. The SMILES string of the molecule is CN/C=C(\C(=N)C(=O)N1CC(F)(F)CC(C)[C@H]1CNc1ncc(C(F)(F)F)cn1)c1ccc(C)nc1. The number of amides is 1. The smallest absolute Gasteiger partial charge is 0.393 e. The van der Waals surface area contributed by atoms with Crippen LogP contribution in [0.2, 0.25) is 0 Å². The van der Waals surface area contributed by atoms with Gasteiger partial charge in [0, 0.05) is 61.6 Å². The second kappa shape index (κ2) is 10.5. The number of hydrogen-bond acceptors (Lipinski definition) is 7. The Labute approximate surface area is 204 Å². The average Bonchev–Trinajstić information content (AvgIpc) is 2.80. The van der Waals surface area contributed by atoms with Crippen molar-refractivity contribution in [1.29, 1.82) is 5.41 Å². The fourth-order valence-corrected chi connectivity index (χ4v) is 3.97. The first-order chi connectivity index (χ1) is 16.8. The molecule has 0 aromatic carbocycles. The van der Waals surface area contributed by atoms with E-state index in [9.17, 15) is 26.7 Å². The van der Waals surface area contributed by atoms with E-state index in [1.165, 1.54) is 12.4 Å². The standard InChI is InChI=1S/C23H26F5N7O/c1-13-6-22(24,25)12-35(18(13)11-34-21-32-8-16(9-33-21)23(26,27)28)20(36)19(29)17(10-30-3)15-5-4-14(2)31-7-15/h4-5,7-10,13,18,29-30H,6,11-12H2,1-3H3,(H,32,33,34)/b17-10-,29-19?/t13?,18-/m1/s1. The lowest BCUT2D eigenvalue weighted by Crippen LogP contribution is -2.58. The fourth-order valence-electron chi connectivity index (χ4n) is 3.97. The van der Waals surface area contributed by atoms with Gasteiger partial charge in [-0.05, 0) is 18.9 Å². The number of piperidine rings is 1. The van der Waals surface area contributed by atoms with Crippen molar-refractivity contribution >= 4 is 23.1 Å². The van der Waals surface area contributed by atoms with Crippen LogP contribution in [0.4, 0.5) is 27.9 Å². The Hall–Kier alpha value is -3.64. The van der Waals surface area contributed by atoms with Crippen molar-refractivity contribution in [1.82, 2.24) is 25.2 Å². The number of pyridine rings is 1. The average molecular weight is 511 g/mol. The fraction of sp³-hybridized carbons (Fsp3) is 0.435. The summed E-state index contributed by atoms with van der Waals surface area (Å²) in [6, 6.07) is 2.57. The molecule has 3 N–H and O–H groups in total. The zero-order valence-corrected chi connectivity index (χ0v) is 19.8. The Kier molecular flexibility index (Phi) is 7.89. The number of nitrogens with one attached hydrogen (secondary N) is 3. The van der Waals surface area contributed by atoms with Crippen LogP contribution in [0, 0.1) is 18.3 Å². The van der Waals surface area contributed by atoms with Crippen molar-refractivity contribution in [3.63, 3.8) is 0 Å². The van der Waals surface area contributed by atoms with E-state index >= 15 is 0 Å². The molecule has 1 aliphatic rings. The van der Waals surface area contributed by atoms with E-state index in [4.69, 9.17) is 5.41 Å². The number of nitrogens with zero attached hydrogens (tertiary/aromatic N) is 4. The van der Waals surface area contributed by atoms with Crippen molar-refractivity contribution in [2.24, 2.45) is 5.92 Å². The lowest BCUT2D eigenvalue weighted by Gasteiger charge is -2.43. The topological polar surface area (TPSA) is 107 Å². The quantitative estimate of drug-likeness (QED) is 0.386. The molecule has 8 nitrogen and oxygen atoms in total. The maximum Gasteiger partial charge on any atom is 0.419 e. The van der Waals surface area contributed by atoms with E-state index in [0.717, 1.165) is 10.6 Å². The zero-order valence-electron chi connectivity index (χ0n) is 19.8. The van der Waals surface area contributed by atoms with Crippen LogP contribution in [0.15, 0.2) is 36.9 Å². The zero-order chi connectivity index (χ0) is 26.7. The van der Waals surface area contributed by atoms with E-state index in [-0.39, 0.29) is 18.1 Å². The number of alkyl halides is 5. The van der Waals surface area contributed by atoms with E-state index < -0.39 is 54.2 Å². The molecule has 1 unspecified atom stereocenters. The van der Waals surface area contributed by atoms with Crippen molar-refractivity contribution in [3.8, 4) is 0 Å². The molecule has 0 bridgehead atoms. The Balaban J connectivity index is 1.84. The largest absolute Gasteiger partial charge is 0.419 e. The first-order valence-electron chi connectivity index (χ1n) is 11.0. The summed E-state index contributed by atoms with van der Waals surface area (Å²) >= 11 is 0. The third-order valence-electron chi connectivity index (χ3n) is 5.78. The minimum absolute atomic E-state index is 0.0984. The maximum atomic E-state index is 14.5. The molecule has 1 aliphatic heterocycles. The molecular weight excluding hydrogens is 485 g/mol. The summed E-state index contributed by atoms with van der Waals surface area (Å²) in [6.45, 7) is 2.32. The van der Waals surface area contributed by atoms with Crippen LogP contribution in [0.3, 0.4) is 0 Å². The molecule has 2 aromatic heterocycles. The molecule has 13 heteroatoms. The van der Waals surface area contributed by atoms with E-state index in [2.05, 4.69) is 25.6 Å². The molecule has 0 spiro atoms. The van der Waals surface area contributed by atoms with Gasteiger partial charge in [0.25, 0.3) is 11.8 Å². The van der Waals surface area contributed by atoms with Gasteiger partial charge in [-0.3, -0.25) is 15.2 Å². The minimum Gasteiger partial charge on any atom is -0.393 e. The summed E-state index contributed by atoms with van der Waals surface area (Å²) in [4.78, 5) is 25.7. The molecule has 1 amide bonds. The molecule has 0 saturated carbocycles. The molecule has 1 saturated heterocycles. The number of carbonyl (C=O) groups is 1. The molecule has 2 aromatic rings. The molecule has 2 atom stereocenters. The lowest BCUT2D eigenvalue weighted by atomic mass is 9.87. The number of anilines is 1. The summed E-state index contributed by atoms with van der Waals surface area (Å²) in [5, 5.41) is 14.0. The second-order valence-corrected chi connectivity index (χ2v) is 8.62. The second-order valence-electron chi connectivity index (χ2n) is 8.62. The van der Waals surface area contributed by atoms with Gasteiger partial charge >= 0.3 is 6.18 Å². The third kappa shape index (κ3) is 6.32. The van der Waals surface area contributed by atoms with Crippen LogP contribution in [0.5, 0.6) is 0 Å². The first kappa shape index (κ1) is 27.0. The number of hydrogen-bond donors (Lipinski definition) is 3. The molecule has 0 aliphatic carbocycles. The van der Waals surface area contributed by atoms with Crippen LogP contribution < -0.4 is 10.6 Å². The van der Waals surface area contributed by atoms with Gasteiger partial charge in [0.05, 0.1) is 18.2 Å². The number of rotatable bonds is 7. The van der Waals surface area contributed by atoms with E-state index in [0.29, 0.717) is 18.0 Å². The van der Waals surface area contributed by atoms with Crippen LogP contribution in [-0.4, -0.2) is 63.6 Å². The summed E-state index contributed by atoms with van der Waals surface area (Å²) in [5.74, 6) is -4.92. The highest BCUT2D eigenvalue weighted by Gasteiger charge is 2.46. The van der Waals surface area contributed by atoms with Gasteiger partial charge < -0.3 is 15.5 Å². The van der Waals surface area contributed by atoms with Crippen LogP contribution in [0.25, 0.3) is 5.57 Å². The predicted molar refractivity (Wildman–Crippen MR) is 123 cm³/mol. The Morgan fingerprint density at radius 2 is 1.89 bits per heavy atom. The minimum atomic E-state index is -4.60. The number of likely N-dealkylation sites (tertiary alicyclic amines) is 1. The molecular formula is C23H26F5N7O. The number of aromatic nitrogens is 3. The summed E-state index contributed by atoms with van der Waals surface area (Å²) < 4.78 is 67.2. The summed E-state index contributed by atoms with van der Waals surface area (Å²) in [7, 11) is 1.58. The van der Waals surface area contributed by atoms with Crippen LogP contribution in [-0.2, 0) is 11.0 Å². The normalized spacial score (nSPS) is 20.1. The molecule has 3 heterocycles. The van der Waals surface area contributed by atoms with Gasteiger partial charge in [0.2, 0.25) is 5.95 Å². The van der Waals surface area contributed by atoms with Crippen LogP contribution >= 0.6 is 0 Å². The molecule has 1 fully saturated rings. The Bertz CT molecular complexity index is 1120. The van der Waals surface area contributed by atoms with Gasteiger partial charge in [-0.25, -0.2) is 18.7 Å². The van der Waals surface area contributed by atoms with Crippen molar-refractivity contribution < 1.29 is 26.7 Å². The first-order valence-corrected chi connectivity index (χ1v) is 11.0. The predicted octanol–water partition coefficient (Wildman–Crippen LogP) is 3.76. The van der Waals surface area contributed by atoms with E-state index in [1.54, 1.807) is 33.0 Å². The van der Waals surface area contributed by atoms with Gasteiger partial charge in [-0.15, -0.1) is 0 Å². The highest BCUT2D eigenvalue weighted by atomic mass is 19.4. The molecule has 3 rings (SSSR count). The Morgan fingerprint density at radius 1 is 1.22 bits per heavy atom. The maximum absolute atomic E-state index is 14.5. The molecule has 194 valence electrons. The van der Waals surface area contributed by atoms with Gasteiger partial charge in [-0.2, -0.15) is 13.2 Å². The molecule has 0 radical (unpaired) electrons. The summed E-state index contributed by atoms with van der Waals surface area (Å²) in [6.07, 6.45) is -0.980.